The van der Waals surface area contributed by atoms with Crippen molar-refractivity contribution < 1.29 is 23.9 Å². The van der Waals surface area contributed by atoms with Gasteiger partial charge in [0.2, 0.25) is 5.78 Å². The summed E-state index contributed by atoms with van der Waals surface area (Å²) in [4.78, 5) is 52.4. The second-order valence-electron chi connectivity index (χ2n) is 11.1. The van der Waals surface area contributed by atoms with Gasteiger partial charge >= 0.3 is 11.6 Å². The van der Waals surface area contributed by atoms with E-state index < -0.39 is 17.7 Å². The van der Waals surface area contributed by atoms with Crippen molar-refractivity contribution in [2.45, 2.75) is 40.0 Å². The lowest BCUT2D eigenvalue weighted by Crippen LogP contribution is -2.27. The molecule has 1 aliphatic heterocycles. The maximum absolute atomic E-state index is 13.0. The van der Waals surface area contributed by atoms with E-state index in [0.717, 1.165) is 53.7 Å². The van der Waals surface area contributed by atoms with E-state index >= 15 is 0 Å². The molecule has 1 fully saturated rings. The van der Waals surface area contributed by atoms with Gasteiger partial charge in [0.25, 0.3) is 5.91 Å². The molecule has 0 bridgehead atoms. The summed E-state index contributed by atoms with van der Waals surface area (Å²) in [6, 6.07) is 18.3. The highest BCUT2D eigenvalue weighted by Crippen LogP contribution is 2.29. The maximum Gasteiger partial charge on any atom is 0.343 e. The highest BCUT2D eigenvalue weighted by atomic mass is 16.4. The van der Waals surface area contributed by atoms with Crippen LogP contribution in [0.3, 0.4) is 0 Å². The predicted octanol–water partition coefficient (Wildman–Crippen LogP) is 7.07. The average molecular weight is 605 g/mol. The van der Waals surface area contributed by atoms with E-state index in [2.05, 4.69) is 24.8 Å². The molecule has 1 amide bonds. The average Bonchev–Trinajstić information content (AvgIpc) is 3.37. The van der Waals surface area contributed by atoms with Crippen LogP contribution in [0.5, 0.6) is 0 Å². The molecule has 0 spiro atoms. The molecule has 0 aliphatic carbocycles. The van der Waals surface area contributed by atoms with Gasteiger partial charge < -0.3 is 19.3 Å². The van der Waals surface area contributed by atoms with E-state index in [4.69, 9.17) is 4.42 Å². The zero-order valence-corrected chi connectivity index (χ0v) is 25.7. The van der Waals surface area contributed by atoms with Crippen molar-refractivity contribution in [3.05, 3.63) is 104 Å². The van der Waals surface area contributed by atoms with Crippen LogP contribution >= 0.6 is 0 Å². The number of hydrogen-bond acceptors (Lipinski definition) is 6. The first-order valence-corrected chi connectivity index (χ1v) is 15.2. The topological polar surface area (TPSA) is 108 Å². The number of benzene rings is 3. The van der Waals surface area contributed by atoms with Crippen molar-refractivity contribution in [1.29, 1.82) is 0 Å². The molecular weight excluding hydrogens is 568 g/mol. The van der Waals surface area contributed by atoms with E-state index in [9.17, 15) is 24.3 Å². The van der Waals surface area contributed by atoms with Crippen molar-refractivity contribution in [2.24, 2.45) is 0 Å². The van der Waals surface area contributed by atoms with Gasteiger partial charge in [0.1, 0.15) is 5.58 Å². The molecule has 1 aromatic heterocycles. The van der Waals surface area contributed by atoms with Crippen molar-refractivity contribution in [2.75, 3.05) is 29.4 Å². The zero-order valence-electron chi connectivity index (χ0n) is 25.7. The molecule has 1 N–H and O–H groups in total. The second-order valence-corrected chi connectivity index (χ2v) is 11.1. The molecule has 2 heterocycles. The van der Waals surface area contributed by atoms with Crippen molar-refractivity contribution in [3.8, 4) is 0 Å². The number of hydrogen-bond donors (Lipinski definition) is 1. The van der Waals surface area contributed by atoms with Gasteiger partial charge in [-0.1, -0.05) is 62.4 Å². The Morgan fingerprint density at radius 1 is 0.889 bits per heavy atom. The van der Waals surface area contributed by atoms with Gasteiger partial charge in [-0.2, -0.15) is 0 Å². The fourth-order valence-electron chi connectivity index (χ4n) is 5.60. The fraction of sp³-hybridized carbons (Fsp3) is 0.243. The Balaban J connectivity index is 1.36. The molecular formula is C37H36N2O6. The Hall–Kier alpha value is -5.24. The molecule has 230 valence electrons. The van der Waals surface area contributed by atoms with Crippen LogP contribution in [0, 0.1) is 6.92 Å². The predicted molar refractivity (Wildman–Crippen MR) is 180 cm³/mol. The normalized spacial score (nSPS) is 13.5. The number of fused-ring (bicyclic) bond motifs is 1. The minimum absolute atomic E-state index is 0.0384. The zero-order chi connectivity index (χ0) is 32.1. The van der Waals surface area contributed by atoms with E-state index in [1.165, 1.54) is 17.0 Å². The number of amides is 1. The largest absolute Gasteiger partial charge is 0.478 e. The number of carbonyl (C=O) groups is 3. The van der Waals surface area contributed by atoms with E-state index in [0.29, 0.717) is 22.4 Å². The van der Waals surface area contributed by atoms with Crippen LogP contribution in [0.1, 0.15) is 71.3 Å². The molecule has 8 nitrogen and oxygen atoms in total. The number of aryl methyl sites for hydroxylation is 1. The molecule has 5 rings (SSSR count). The molecule has 8 heteroatoms. The Morgan fingerprint density at radius 3 is 2.16 bits per heavy atom. The van der Waals surface area contributed by atoms with Gasteiger partial charge in [-0.05, 0) is 72.4 Å². The van der Waals surface area contributed by atoms with Gasteiger partial charge in [-0.3, -0.25) is 9.59 Å². The van der Waals surface area contributed by atoms with E-state index in [-0.39, 0.29) is 24.2 Å². The molecule has 1 saturated heterocycles. The first-order valence-electron chi connectivity index (χ1n) is 15.2. The number of Topliss-reactive ketones (excluding diaryl/α,β-unsaturated/α-hetero) is 1. The quantitative estimate of drug-likeness (QED) is 0.111. The number of ketones is 1. The monoisotopic (exact) mass is 604 g/mol. The summed E-state index contributed by atoms with van der Waals surface area (Å²) in [5.41, 5.74) is 5.45. The van der Waals surface area contributed by atoms with Crippen LogP contribution in [-0.4, -0.2) is 42.4 Å². The van der Waals surface area contributed by atoms with Gasteiger partial charge in [0, 0.05) is 43.2 Å². The smallest absolute Gasteiger partial charge is 0.343 e. The SMILES string of the molecule is CCCN(CCC)c1ccc2c(C)c(/C=C/c3ccc(/C=C/c4ccc(C(=O)O)cc4N4CCC(=O)C4=O)cc3)c(=O)oc2c1. The van der Waals surface area contributed by atoms with Crippen molar-refractivity contribution in [1.82, 2.24) is 0 Å². The molecule has 1 aliphatic rings. The van der Waals surface area contributed by atoms with Gasteiger partial charge in [-0.15, -0.1) is 0 Å². The lowest BCUT2D eigenvalue weighted by atomic mass is 10.0. The highest BCUT2D eigenvalue weighted by Gasteiger charge is 2.31. The van der Waals surface area contributed by atoms with Crippen LogP contribution in [0.25, 0.3) is 35.3 Å². The molecule has 3 aromatic carbocycles. The molecule has 0 radical (unpaired) electrons. The minimum atomic E-state index is -1.11. The Morgan fingerprint density at radius 2 is 1.56 bits per heavy atom. The third kappa shape index (κ3) is 6.80. The summed E-state index contributed by atoms with van der Waals surface area (Å²) in [5.74, 6) is -2.23. The summed E-state index contributed by atoms with van der Waals surface area (Å²) >= 11 is 0. The molecule has 0 atom stereocenters. The van der Waals surface area contributed by atoms with Crippen LogP contribution < -0.4 is 15.4 Å². The lowest BCUT2D eigenvalue weighted by molar-refractivity contribution is -0.133. The van der Waals surface area contributed by atoms with Crippen LogP contribution in [-0.2, 0) is 9.59 Å². The van der Waals surface area contributed by atoms with Gasteiger partial charge in [-0.25, -0.2) is 9.59 Å². The first kappa shape index (κ1) is 31.2. The second kappa shape index (κ2) is 13.6. The van der Waals surface area contributed by atoms with Crippen molar-refractivity contribution in [3.63, 3.8) is 0 Å². The minimum Gasteiger partial charge on any atom is -0.478 e. The Labute approximate surface area is 261 Å². The lowest BCUT2D eigenvalue weighted by Gasteiger charge is -2.24. The third-order valence-corrected chi connectivity index (χ3v) is 8.00. The fourth-order valence-corrected chi connectivity index (χ4v) is 5.60. The molecule has 0 unspecified atom stereocenters. The molecule has 0 saturated carbocycles. The van der Waals surface area contributed by atoms with Crippen molar-refractivity contribution >= 4 is 64.3 Å². The summed E-state index contributed by atoms with van der Waals surface area (Å²) in [6.45, 7) is 8.35. The Kier molecular flexibility index (Phi) is 9.42. The number of nitrogens with zero attached hydrogens (tertiary/aromatic N) is 2. The van der Waals surface area contributed by atoms with E-state index in [1.54, 1.807) is 18.2 Å². The highest BCUT2D eigenvalue weighted by molar-refractivity contribution is 6.43. The van der Waals surface area contributed by atoms with Crippen LogP contribution in [0.15, 0.2) is 69.9 Å². The standard InChI is InChI=1S/C37H36N2O6/c1-4-19-38(20-5-2)29-15-17-30-24(3)31(37(44)45-34(30)23-29)16-11-26-8-6-25(7-9-26)10-12-27-13-14-28(36(42)43)22-32(27)39-21-18-33(40)35(39)41/h6-17,22-23H,4-5,18-21H2,1-3H3,(H,42,43)/b12-10+,16-11+. The number of carbonyl (C=O) groups excluding carboxylic acids is 2. The molecule has 4 aromatic rings. The maximum atomic E-state index is 13.0. The number of carboxylic acid groups (broad SMARTS) is 1. The summed E-state index contributed by atoms with van der Waals surface area (Å²) in [7, 11) is 0. The molecule has 45 heavy (non-hydrogen) atoms. The van der Waals surface area contributed by atoms with Gasteiger partial charge in [0.05, 0.1) is 16.8 Å². The number of aromatic carboxylic acids is 1. The number of carboxylic acids is 1. The first-order chi connectivity index (χ1) is 21.7. The Bertz CT molecular complexity index is 1880. The van der Waals surface area contributed by atoms with Crippen LogP contribution in [0.4, 0.5) is 11.4 Å². The summed E-state index contributed by atoms with van der Waals surface area (Å²) in [6.07, 6.45) is 9.48. The van der Waals surface area contributed by atoms with Crippen LogP contribution in [0.2, 0.25) is 0 Å². The van der Waals surface area contributed by atoms with Gasteiger partial charge in [0.15, 0.2) is 0 Å². The van der Waals surface area contributed by atoms with E-state index in [1.807, 2.05) is 55.5 Å². The summed E-state index contributed by atoms with van der Waals surface area (Å²) in [5, 5.41) is 10.3. The number of anilines is 2. The number of rotatable bonds is 11. The third-order valence-electron chi connectivity index (χ3n) is 8.00. The summed E-state index contributed by atoms with van der Waals surface area (Å²) < 4.78 is 5.76.